The number of nitrogens with zero attached hydrogens (tertiary/aromatic N) is 1. The second-order valence-corrected chi connectivity index (χ2v) is 4.68. The van der Waals surface area contributed by atoms with E-state index >= 15 is 0 Å². The predicted molar refractivity (Wildman–Crippen MR) is 58.5 cm³/mol. The number of nitrogens with one attached hydrogen (secondary N) is 1. The van der Waals surface area contributed by atoms with E-state index in [4.69, 9.17) is 0 Å². The zero-order chi connectivity index (χ0) is 13.1. The van der Waals surface area contributed by atoms with Crippen LogP contribution in [0.2, 0.25) is 0 Å². The Morgan fingerprint density at radius 2 is 2.06 bits per heavy atom. The predicted octanol–water partition coefficient (Wildman–Crippen LogP) is 1.93. The van der Waals surface area contributed by atoms with E-state index in [1.54, 1.807) is 13.8 Å². The Labute approximate surface area is 99.4 Å². The summed E-state index contributed by atoms with van der Waals surface area (Å²) in [6.45, 7) is 2.75. The summed E-state index contributed by atoms with van der Waals surface area (Å²) in [5.74, 6) is -0.433. The highest BCUT2D eigenvalue weighted by atomic mass is 19.4. The Balaban J connectivity index is 2.66. The highest BCUT2D eigenvalue weighted by Crippen LogP contribution is 2.20. The standard InChI is InChI=1S/C11H19F3N2O/c1-8(2)16(7-11(12,13)14)10(17)9-5-3-4-6-15-9/h8-9,15H,3-7H2,1-2H3. The van der Waals surface area contributed by atoms with Crippen LogP contribution in [0.5, 0.6) is 0 Å². The van der Waals surface area contributed by atoms with Crippen molar-refractivity contribution in [1.82, 2.24) is 10.2 Å². The van der Waals surface area contributed by atoms with Gasteiger partial charge in [-0.3, -0.25) is 4.79 Å². The van der Waals surface area contributed by atoms with Gasteiger partial charge >= 0.3 is 6.18 Å². The Kier molecular flexibility index (Phi) is 4.80. The van der Waals surface area contributed by atoms with Crippen molar-refractivity contribution >= 4 is 5.91 Å². The maximum absolute atomic E-state index is 12.4. The van der Waals surface area contributed by atoms with Gasteiger partial charge in [-0.2, -0.15) is 13.2 Å². The number of carbonyl (C=O) groups excluding carboxylic acids is 1. The number of halogens is 3. The fourth-order valence-electron chi connectivity index (χ4n) is 1.97. The first-order valence-corrected chi connectivity index (χ1v) is 5.92. The Bertz CT molecular complexity index is 260. The van der Waals surface area contributed by atoms with Crippen LogP contribution >= 0.6 is 0 Å². The summed E-state index contributed by atoms with van der Waals surface area (Å²) in [4.78, 5) is 12.9. The number of rotatable bonds is 3. The topological polar surface area (TPSA) is 32.3 Å². The summed E-state index contributed by atoms with van der Waals surface area (Å²) in [7, 11) is 0. The summed E-state index contributed by atoms with van der Waals surface area (Å²) in [6.07, 6.45) is -1.85. The molecule has 0 spiro atoms. The third kappa shape index (κ3) is 4.53. The van der Waals surface area contributed by atoms with E-state index in [9.17, 15) is 18.0 Å². The van der Waals surface area contributed by atoms with Crippen molar-refractivity contribution in [2.24, 2.45) is 0 Å². The van der Waals surface area contributed by atoms with Crippen LogP contribution in [-0.2, 0) is 4.79 Å². The number of carbonyl (C=O) groups is 1. The smallest absolute Gasteiger partial charge is 0.330 e. The van der Waals surface area contributed by atoms with E-state index in [0.29, 0.717) is 13.0 Å². The minimum Gasteiger partial charge on any atom is -0.330 e. The Hall–Kier alpha value is -0.780. The van der Waals surface area contributed by atoms with E-state index in [2.05, 4.69) is 5.32 Å². The molecule has 0 radical (unpaired) electrons. The number of hydrogen-bond acceptors (Lipinski definition) is 2. The van der Waals surface area contributed by atoms with Gasteiger partial charge in [-0.25, -0.2) is 0 Å². The van der Waals surface area contributed by atoms with Crippen LogP contribution in [-0.4, -0.2) is 42.2 Å². The molecule has 0 aromatic carbocycles. The molecule has 3 nitrogen and oxygen atoms in total. The lowest BCUT2D eigenvalue weighted by Crippen LogP contribution is -2.53. The third-order valence-electron chi connectivity index (χ3n) is 2.86. The molecule has 1 atom stereocenters. The minimum absolute atomic E-state index is 0.433. The van der Waals surface area contributed by atoms with Gasteiger partial charge in [-0.1, -0.05) is 6.42 Å². The molecular weight excluding hydrogens is 233 g/mol. The van der Waals surface area contributed by atoms with Crippen molar-refractivity contribution in [1.29, 1.82) is 0 Å². The summed E-state index contributed by atoms with van der Waals surface area (Å²) >= 11 is 0. The van der Waals surface area contributed by atoms with Crippen molar-refractivity contribution in [3.05, 3.63) is 0 Å². The van der Waals surface area contributed by atoms with Gasteiger partial charge in [0.15, 0.2) is 0 Å². The van der Waals surface area contributed by atoms with Crippen molar-refractivity contribution in [2.45, 2.75) is 51.4 Å². The van der Waals surface area contributed by atoms with Crippen molar-refractivity contribution in [3.63, 3.8) is 0 Å². The van der Waals surface area contributed by atoms with Gasteiger partial charge in [0.1, 0.15) is 6.54 Å². The third-order valence-corrected chi connectivity index (χ3v) is 2.86. The highest BCUT2D eigenvalue weighted by Gasteiger charge is 2.36. The molecule has 6 heteroatoms. The van der Waals surface area contributed by atoms with Gasteiger partial charge in [0.25, 0.3) is 0 Å². The van der Waals surface area contributed by atoms with Crippen LogP contribution in [0.3, 0.4) is 0 Å². The maximum atomic E-state index is 12.4. The van der Waals surface area contributed by atoms with Gasteiger partial charge in [-0.15, -0.1) is 0 Å². The van der Waals surface area contributed by atoms with E-state index < -0.39 is 30.7 Å². The van der Waals surface area contributed by atoms with Gasteiger partial charge in [0, 0.05) is 6.04 Å². The van der Waals surface area contributed by atoms with Crippen LogP contribution < -0.4 is 5.32 Å². The van der Waals surface area contributed by atoms with E-state index in [0.717, 1.165) is 17.7 Å². The second-order valence-electron chi connectivity index (χ2n) is 4.68. The van der Waals surface area contributed by atoms with E-state index in [1.807, 2.05) is 0 Å². The summed E-state index contributed by atoms with van der Waals surface area (Å²) in [5.41, 5.74) is 0. The molecule has 0 aromatic heterocycles. The molecule has 0 aliphatic carbocycles. The second kappa shape index (κ2) is 5.71. The molecule has 1 saturated heterocycles. The van der Waals surface area contributed by atoms with Crippen molar-refractivity contribution in [2.75, 3.05) is 13.1 Å². The molecule has 1 aliphatic heterocycles. The minimum atomic E-state index is -4.34. The fraction of sp³-hybridized carbons (Fsp3) is 0.909. The number of amides is 1. The Morgan fingerprint density at radius 3 is 2.47 bits per heavy atom. The molecular formula is C11H19F3N2O. The van der Waals surface area contributed by atoms with E-state index in [-0.39, 0.29) is 0 Å². The fourth-order valence-corrected chi connectivity index (χ4v) is 1.97. The van der Waals surface area contributed by atoms with Gasteiger partial charge < -0.3 is 10.2 Å². The van der Waals surface area contributed by atoms with Crippen molar-refractivity contribution < 1.29 is 18.0 Å². The highest BCUT2D eigenvalue weighted by molar-refractivity contribution is 5.82. The van der Waals surface area contributed by atoms with Crippen molar-refractivity contribution in [3.8, 4) is 0 Å². The van der Waals surface area contributed by atoms with Crippen LogP contribution in [0.4, 0.5) is 13.2 Å². The molecule has 1 fully saturated rings. The normalized spacial score (nSPS) is 21.6. The molecule has 1 N–H and O–H groups in total. The number of piperidine rings is 1. The zero-order valence-corrected chi connectivity index (χ0v) is 10.2. The van der Waals surface area contributed by atoms with Crippen LogP contribution in [0.15, 0.2) is 0 Å². The number of alkyl halides is 3. The molecule has 1 rings (SSSR count). The van der Waals surface area contributed by atoms with Gasteiger partial charge in [-0.05, 0) is 33.2 Å². The first kappa shape index (κ1) is 14.3. The van der Waals surface area contributed by atoms with Gasteiger partial charge in [0.2, 0.25) is 5.91 Å². The lowest BCUT2D eigenvalue weighted by atomic mass is 10.0. The first-order chi connectivity index (χ1) is 7.81. The van der Waals surface area contributed by atoms with Crippen LogP contribution in [0.1, 0.15) is 33.1 Å². The summed E-state index contributed by atoms with van der Waals surface area (Å²) < 4.78 is 37.1. The first-order valence-electron chi connectivity index (χ1n) is 5.92. The summed E-state index contributed by atoms with van der Waals surface area (Å²) in [6, 6.07) is -0.888. The molecule has 17 heavy (non-hydrogen) atoms. The Morgan fingerprint density at radius 1 is 1.41 bits per heavy atom. The lowest BCUT2D eigenvalue weighted by Gasteiger charge is -2.33. The lowest BCUT2D eigenvalue weighted by molar-refractivity contribution is -0.166. The maximum Gasteiger partial charge on any atom is 0.406 e. The van der Waals surface area contributed by atoms with Gasteiger partial charge in [0.05, 0.1) is 6.04 Å². The molecule has 0 bridgehead atoms. The quantitative estimate of drug-likeness (QED) is 0.832. The largest absolute Gasteiger partial charge is 0.406 e. The molecule has 1 amide bonds. The zero-order valence-electron chi connectivity index (χ0n) is 10.2. The monoisotopic (exact) mass is 252 g/mol. The molecule has 0 saturated carbocycles. The van der Waals surface area contributed by atoms with Crippen LogP contribution in [0, 0.1) is 0 Å². The summed E-state index contributed by atoms with van der Waals surface area (Å²) in [5, 5.41) is 2.98. The van der Waals surface area contributed by atoms with E-state index in [1.165, 1.54) is 0 Å². The average Bonchev–Trinajstić information content (AvgIpc) is 2.25. The molecule has 0 aromatic rings. The SMILES string of the molecule is CC(C)N(CC(F)(F)F)C(=O)C1CCCCN1. The van der Waals surface area contributed by atoms with Crippen LogP contribution in [0.25, 0.3) is 0 Å². The number of hydrogen-bond donors (Lipinski definition) is 1. The average molecular weight is 252 g/mol. The molecule has 1 heterocycles. The molecule has 1 unspecified atom stereocenters. The molecule has 100 valence electrons. The molecule has 1 aliphatic rings.